The first-order valence-electron chi connectivity index (χ1n) is 4.42. The van der Waals surface area contributed by atoms with Crippen LogP contribution >= 0.6 is 0 Å². The van der Waals surface area contributed by atoms with Crippen molar-refractivity contribution in [1.29, 1.82) is 0 Å². The van der Waals surface area contributed by atoms with Crippen LogP contribution in [0.4, 0.5) is 0 Å². The predicted molar refractivity (Wildman–Crippen MR) is 46.9 cm³/mol. The van der Waals surface area contributed by atoms with Crippen LogP contribution in [0.5, 0.6) is 0 Å². The lowest BCUT2D eigenvalue weighted by Gasteiger charge is -2.32. The van der Waals surface area contributed by atoms with E-state index in [0.29, 0.717) is 6.61 Å². The Labute approximate surface area is 73.3 Å². The third kappa shape index (κ3) is 3.06. The predicted octanol–water partition coefficient (Wildman–Crippen LogP) is -0.973. The number of hydrogen-bond acceptors (Lipinski definition) is 4. The van der Waals surface area contributed by atoms with Gasteiger partial charge in [0.2, 0.25) is 0 Å². The van der Waals surface area contributed by atoms with Crippen molar-refractivity contribution in [2.45, 2.75) is 19.1 Å². The van der Waals surface area contributed by atoms with Crippen molar-refractivity contribution in [3.05, 3.63) is 0 Å². The molecule has 0 radical (unpaired) electrons. The van der Waals surface area contributed by atoms with Crippen molar-refractivity contribution in [2.75, 3.05) is 32.8 Å². The topological polar surface area (TPSA) is 58.7 Å². The summed E-state index contributed by atoms with van der Waals surface area (Å²) >= 11 is 0. The lowest BCUT2D eigenvalue weighted by atomic mass is 10.2. The molecular formula is C8H18N2O2. The van der Waals surface area contributed by atoms with E-state index in [9.17, 15) is 0 Å². The van der Waals surface area contributed by atoms with Crippen LogP contribution in [0.25, 0.3) is 0 Å². The van der Waals surface area contributed by atoms with Crippen LogP contribution in [0.1, 0.15) is 6.92 Å². The maximum Gasteiger partial charge on any atom is 0.0932 e. The number of nitrogens with two attached hydrogens (primary N) is 1. The Bertz CT molecular complexity index is 130. The highest BCUT2D eigenvalue weighted by atomic mass is 16.5. The summed E-state index contributed by atoms with van der Waals surface area (Å²) in [7, 11) is 0. The van der Waals surface area contributed by atoms with Crippen molar-refractivity contribution in [3.8, 4) is 0 Å². The van der Waals surface area contributed by atoms with E-state index in [4.69, 9.17) is 15.6 Å². The first-order chi connectivity index (χ1) is 5.72. The molecule has 3 N–H and O–H groups in total. The van der Waals surface area contributed by atoms with E-state index in [1.54, 1.807) is 0 Å². The molecule has 0 spiro atoms. The van der Waals surface area contributed by atoms with Crippen molar-refractivity contribution >= 4 is 0 Å². The number of rotatable bonds is 3. The fourth-order valence-electron chi connectivity index (χ4n) is 1.46. The monoisotopic (exact) mass is 174 g/mol. The third-order valence-corrected chi connectivity index (χ3v) is 1.97. The Morgan fingerprint density at radius 2 is 2.50 bits per heavy atom. The molecule has 0 amide bonds. The van der Waals surface area contributed by atoms with E-state index in [1.165, 1.54) is 0 Å². The highest BCUT2D eigenvalue weighted by molar-refractivity contribution is 4.72. The first-order valence-corrected chi connectivity index (χ1v) is 4.42. The Hall–Kier alpha value is -0.160. The molecule has 12 heavy (non-hydrogen) atoms. The molecule has 1 heterocycles. The number of aliphatic hydroxyl groups excluding tert-OH is 1. The van der Waals surface area contributed by atoms with Gasteiger partial charge in [0, 0.05) is 25.7 Å². The summed E-state index contributed by atoms with van der Waals surface area (Å²) in [5.74, 6) is 0. The molecule has 1 fully saturated rings. The normalized spacial score (nSPS) is 28.8. The average Bonchev–Trinajstić information content (AvgIpc) is 2.03. The second kappa shape index (κ2) is 4.77. The van der Waals surface area contributed by atoms with Crippen LogP contribution < -0.4 is 5.73 Å². The summed E-state index contributed by atoms with van der Waals surface area (Å²) < 4.78 is 5.31. The molecule has 0 aliphatic carbocycles. The van der Waals surface area contributed by atoms with Crippen molar-refractivity contribution in [1.82, 2.24) is 4.90 Å². The van der Waals surface area contributed by atoms with Gasteiger partial charge in [-0.15, -0.1) is 0 Å². The van der Waals surface area contributed by atoms with Gasteiger partial charge in [-0.1, -0.05) is 0 Å². The van der Waals surface area contributed by atoms with Gasteiger partial charge in [-0.3, -0.25) is 4.90 Å². The molecule has 1 saturated heterocycles. The average molecular weight is 174 g/mol. The van der Waals surface area contributed by atoms with Crippen LogP contribution in [0.3, 0.4) is 0 Å². The number of ether oxygens (including phenoxy) is 1. The summed E-state index contributed by atoms with van der Waals surface area (Å²) in [6.07, 6.45) is -0.0162. The maximum absolute atomic E-state index is 8.86. The van der Waals surface area contributed by atoms with Crippen LogP contribution in [-0.2, 0) is 4.74 Å². The fourth-order valence-corrected chi connectivity index (χ4v) is 1.46. The standard InChI is InChI=1S/C8H18N2O2/c1-7(9)4-10-2-3-12-8(5-10)6-11/h7-8,11H,2-6,9H2,1H3. The van der Waals surface area contributed by atoms with Gasteiger partial charge in [0.15, 0.2) is 0 Å². The highest BCUT2D eigenvalue weighted by Gasteiger charge is 2.19. The second-order valence-electron chi connectivity index (χ2n) is 3.41. The smallest absolute Gasteiger partial charge is 0.0932 e. The van der Waals surface area contributed by atoms with Crippen LogP contribution in [0.2, 0.25) is 0 Å². The quantitative estimate of drug-likeness (QED) is 0.578. The van der Waals surface area contributed by atoms with Gasteiger partial charge >= 0.3 is 0 Å². The van der Waals surface area contributed by atoms with Gasteiger partial charge in [-0.2, -0.15) is 0 Å². The van der Waals surface area contributed by atoms with Gasteiger partial charge in [0.05, 0.1) is 19.3 Å². The summed E-state index contributed by atoms with van der Waals surface area (Å²) in [4.78, 5) is 2.23. The number of aliphatic hydroxyl groups is 1. The number of hydrogen-bond donors (Lipinski definition) is 2. The van der Waals surface area contributed by atoms with Crippen LogP contribution in [0, 0.1) is 0 Å². The molecule has 1 rings (SSSR count). The molecule has 2 unspecified atom stereocenters. The Balaban J connectivity index is 2.25. The molecule has 0 bridgehead atoms. The van der Waals surface area contributed by atoms with Crippen molar-refractivity contribution in [3.63, 3.8) is 0 Å². The Kier molecular flexibility index (Phi) is 3.94. The minimum absolute atomic E-state index is 0.0162. The second-order valence-corrected chi connectivity index (χ2v) is 3.41. The Morgan fingerprint density at radius 1 is 1.75 bits per heavy atom. The molecule has 0 aromatic heterocycles. The van der Waals surface area contributed by atoms with Gasteiger partial charge < -0.3 is 15.6 Å². The molecular weight excluding hydrogens is 156 g/mol. The van der Waals surface area contributed by atoms with Gasteiger partial charge in [-0.25, -0.2) is 0 Å². The van der Waals surface area contributed by atoms with E-state index in [2.05, 4.69) is 4.90 Å². The zero-order valence-electron chi connectivity index (χ0n) is 7.57. The Morgan fingerprint density at radius 3 is 3.08 bits per heavy atom. The molecule has 0 aromatic rings. The molecule has 1 aliphatic heterocycles. The molecule has 4 heteroatoms. The molecule has 1 aliphatic rings. The number of nitrogens with zero attached hydrogens (tertiary/aromatic N) is 1. The van der Waals surface area contributed by atoms with Gasteiger partial charge in [0.25, 0.3) is 0 Å². The highest BCUT2D eigenvalue weighted by Crippen LogP contribution is 2.04. The van der Waals surface area contributed by atoms with Crippen molar-refractivity contribution < 1.29 is 9.84 Å². The van der Waals surface area contributed by atoms with E-state index in [0.717, 1.165) is 19.6 Å². The lowest BCUT2D eigenvalue weighted by molar-refractivity contribution is -0.0534. The van der Waals surface area contributed by atoms with Crippen LogP contribution in [-0.4, -0.2) is 55.0 Å². The largest absolute Gasteiger partial charge is 0.394 e. The van der Waals surface area contributed by atoms with Crippen LogP contribution in [0.15, 0.2) is 0 Å². The molecule has 72 valence electrons. The van der Waals surface area contributed by atoms with E-state index in [-0.39, 0.29) is 18.8 Å². The van der Waals surface area contributed by atoms with E-state index >= 15 is 0 Å². The van der Waals surface area contributed by atoms with E-state index < -0.39 is 0 Å². The molecule has 0 saturated carbocycles. The summed E-state index contributed by atoms with van der Waals surface area (Å²) in [5.41, 5.74) is 5.67. The van der Waals surface area contributed by atoms with Crippen molar-refractivity contribution in [2.24, 2.45) is 5.73 Å². The minimum atomic E-state index is -0.0162. The molecule has 4 nitrogen and oxygen atoms in total. The third-order valence-electron chi connectivity index (χ3n) is 1.97. The molecule has 0 aromatic carbocycles. The zero-order chi connectivity index (χ0) is 8.97. The van der Waals surface area contributed by atoms with E-state index in [1.807, 2.05) is 6.92 Å². The SMILES string of the molecule is CC(N)CN1CCOC(CO)C1. The zero-order valence-corrected chi connectivity index (χ0v) is 7.57. The fraction of sp³-hybridized carbons (Fsp3) is 1.00. The molecule has 2 atom stereocenters. The van der Waals surface area contributed by atoms with Gasteiger partial charge in [0.1, 0.15) is 0 Å². The minimum Gasteiger partial charge on any atom is -0.394 e. The first kappa shape index (κ1) is 9.92. The van der Waals surface area contributed by atoms with Gasteiger partial charge in [-0.05, 0) is 6.92 Å². The summed E-state index contributed by atoms with van der Waals surface area (Å²) in [6.45, 7) is 5.42. The summed E-state index contributed by atoms with van der Waals surface area (Å²) in [6, 6.07) is 0.197. The summed E-state index contributed by atoms with van der Waals surface area (Å²) in [5, 5.41) is 8.86. The lowest BCUT2D eigenvalue weighted by Crippen LogP contribution is -2.47. The number of morpholine rings is 1. The maximum atomic E-state index is 8.86.